The molecule has 0 spiro atoms. The summed E-state index contributed by atoms with van der Waals surface area (Å²) in [6.07, 6.45) is 1.61. The summed E-state index contributed by atoms with van der Waals surface area (Å²) in [5.74, 6) is -0.508. The van der Waals surface area contributed by atoms with Crippen LogP contribution in [0.15, 0.2) is 30.5 Å². The number of benzene rings is 1. The lowest BCUT2D eigenvalue weighted by molar-refractivity contribution is -0.116. The van der Waals surface area contributed by atoms with Crippen LogP contribution in [-0.2, 0) is 17.9 Å². The van der Waals surface area contributed by atoms with Gasteiger partial charge in [0.1, 0.15) is 12.4 Å². The molecule has 1 N–H and O–H groups in total. The van der Waals surface area contributed by atoms with Crippen molar-refractivity contribution in [2.75, 3.05) is 5.32 Å². The second-order valence-corrected chi connectivity index (χ2v) is 6.55. The summed E-state index contributed by atoms with van der Waals surface area (Å²) in [5.41, 5.74) is 3.63. The Morgan fingerprint density at radius 1 is 1.23 bits per heavy atom. The third-order valence-electron chi connectivity index (χ3n) is 4.06. The molecule has 3 rings (SSSR count). The second kappa shape index (κ2) is 7.29. The van der Waals surface area contributed by atoms with Crippen molar-refractivity contribution in [1.29, 1.82) is 0 Å². The molecule has 0 saturated carbocycles. The van der Waals surface area contributed by atoms with Crippen LogP contribution in [0, 0.1) is 26.6 Å². The normalized spacial score (nSPS) is 11.0. The van der Waals surface area contributed by atoms with E-state index in [2.05, 4.69) is 15.5 Å². The third kappa shape index (κ3) is 3.94. The average Bonchev–Trinajstić information content (AvgIpc) is 3.01. The Morgan fingerprint density at radius 3 is 2.65 bits per heavy atom. The number of amides is 1. The summed E-state index contributed by atoms with van der Waals surface area (Å²) in [4.78, 5) is 12.3. The SMILES string of the molecule is Cc1nn(CC(=O)Nc2c(C)nn(Cc3cccc(F)c3)c2C)cc1Cl. The first-order valence-corrected chi connectivity index (χ1v) is 8.49. The van der Waals surface area contributed by atoms with Crippen LogP contribution in [0.3, 0.4) is 0 Å². The molecule has 3 aromatic rings. The van der Waals surface area contributed by atoms with Gasteiger partial charge in [-0.15, -0.1) is 0 Å². The van der Waals surface area contributed by atoms with Crippen molar-refractivity contribution in [2.45, 2.75) is 33.9 Å². The highest BCUT2D eigenvalue weighted by Crippen LogP contribution is 2.21. The van der Waals surface area contributed by atoms with Crippen molar-refractivity contribution in [3.8, 4) is 0 Å². The molecule has 0 aliphatic rings. The average molecular weight is 376 g/mol. The molecule has 6 nitrogen and oxygen atoms in total. The van der Waals surface area contributed by atoms with Gasteiger partial charge in [0.05, 0.1) is 34.3 Å². The van der Waals surface area contributed by atoms with Gasteiger partial charge in [-0.05, 0) is 38.5 Å². The highest BCUT2D eigenvalue weighted by atomic mass is 35.5. The van der Waals surface area contributed by atoms with Crippen molar-refractivity contribution < 1.29 is 9.18 Å². The number of hydrogen-bond acceptors (Lipinski definition) is 3. The summed E-state index contributed by atoms with van der Waals surface area (Å²) < 4.78 is 16.6. The molecule has 2 heterocycles. The lowest BCUT2D eigenvalue weighted by Crippen LogP contribution is -2.20. The maximum absolute atomic E-state index is 13.4. The van der Waals surface area contributed by atoms with Crippen LogP contribution < -0.4 is 5.32 Å². The number of anilines is 1. The number of carbonyl (C=O) groups excluding carboxylic acids is 1. The lowest BCUT2D eigenvalue weighted by Gasteiger charge is -2.08. The number of nitrogens with zero attached hydrogens (tertiary/aromatic N) is 4. The zero-order valence-electron chi connectivity index (χ0n) is 14.8. The molecule has 136 valence electrons. The zero-order valence-corrected chi connectivity index (χ0v) is 15.5. The Labute approximate surface area is 155 Å². The number of aryl methyl sites for hydroxylation is 2. The van der Waals surface area contributed by atoms with E-state index in [0.717, 1.165) is 11.3 Å². The third-order valence-corrected chi connectivity index (χ3v) is 4.43. The van der Waals surface area contributed by atoms with Gasteiger partial charge >= 0.3 is 0 Å². The fourth-order valence-electron chi connectivity index (χ4n) is 2.74. The number of nitrogens with one attached hydrogen (secondary N) is 1. The molecular formula is C18H19ClFN5O. The van der Waals surface area contributed by atoms with Gasteiger partial charge in [-0.3, -0.25) is 14.2 Å². The molecular weight excluding hydrogens is 357 g/mol. The predicted octanol–water partition coefficient (Wildman–Crippen LogP) is 3.48. The molecule has 8 heteroatoms. The minimum Gasteiger partial charge on any atom is -0.321 e. The van der Waals surface area contributed by atoms with Crippen LogP contribution in [0.2, 0.25) is 5.02 Å². The molecule has 0 saturated heterocycles. The van der Waals surface area contributed by atoms with Gasteiger partial charge < -0.3 is 5.32 Å². The first-order chi connectivity index (χ1) is 12.3. The summed E-state index contributed by atoms with van der Waals surface area (Å²) in [7, 11) is 0. The van der Waals surface area contributed by atoms with E-state index in [1.165, 1.54) is 16.8 Å². The van der Waals surface area contributed by atoms with E-state index in [9.17, 15) is 9.18 Å². The van der Waals surface area contributed by atoms with Gasteiger partial charge in [0.15, 0.2) is 0 Å². The summed E-state index contributed by atoms with van der Waals surface area (Å²) in [6.45, 7) is 5.95. The molecule has 0 unspecified atom stereocenters. The van der Waals surface area contributed by atoms with Crippen molar-refractivity contribution in [3.63, 3.8) is 0 Å². The van der Waals surface area contributed by atoms with Crippen LogP contribution in [0.1, 0.15) is 22.6 Å². The van der Waals surface area contributed by atoms with Crippen LogP contribution in [0.5, 0.6) is 0 Å². The minimum atomic E-state index is -0.286. The molecule has 1 amide bonds. The smallest absolute Gasteiger partial charge is 0.246 e. The molecule has 0 aliphatic heterocycles. The standard InChI is InChI=1S/C18H19ClFN5O/c1-11-16(19)9-24(22-11)10-17(26)21-18-12(2)23-25(13(18)3)8-14-5-4-6-15(20)7-14/h4-7,9H,8,10H2,1-3H3,(H,21,26). The van der Waals surface area contributed by atoms with Crippen LogP contribution in [0.25, 0.3) is 0 Å². The molecule has 1 aromatic carbocycles. The van der Waals surface area contributed by atoms with E-state index in [0.29, 0.717) is 28.6 Å². The van der Waals surface area contributed by atoms with Gasteiger partial charge in [-0.25, -0.2) is 4.39 Å². The highest BCUT2D eigenvalue weighted by Gasteiger charge is 2.15. The zero-order chi connectivity index (χ0) is 18.8. The van der Waals surface area contributed by atoms with Crippen molar-refractivity contribution in [2.24, 2.45) is 0 Å². The highest BCUT2D eigenvalue weighted by molar-refractivity contribution is 6.31. The van der Waals surface area contributed by atoms with Crippen LogP contribution in [-0.4, -0.2) is 25.5 Å². The van der Waals surface area contributed by atoms with Gasteiger partial charge in [-0.1, -0.05) is 23.7 Å². The van der Waals surface area contributed by atoms with E-state index in [-0.39, 0.29) is 18.3 Å². The van der Waals surface area contributed by atoms with Crippen LogP contribution >= 0.6 is 11.6 Å². The number of halogens is 2. The second-order valence-electron chi connectivity index (χ2n) is 6.14. The fourth-order valence-corrected chi connectivity index (χ4v) is 2.89. The van der Waals surface area contributed by atoms with Crippen molar-refractivity contribution in [3.05, 3.63) is 63.9 Å². The van der Waals surface area contributed by atoms with Crippen molar-refractivity contribution in [1.82, 2.24) is 19.6 Å². The van der Waals surface area contributed by atoms with Crippen LogP contribution in [0.4, 0.5) is 10.1 Å². The first-order valence-electron chi connectivity index (χ1n) is 8.11. The molecule has 0 aliphatic carbocycles. The number of rotatable bonds is 5. The Morgan fingerprint density at radius 2 is 2.00 bits per heavy atom. The fraction of sp³-hybridized carbons (Fsp3) is 0.278. The largest absolute Gasteiger partial charge is 0.321 e. The molecule has 26 heavy (non-hydrogen) atoms. The van der Waals surface area contributed by atoms with E-state index in [4.69, 9.17) is 11.6 Å². The quantitative estimate of drug-likeness (QED) is 0.742. The van der Waals surface area contributed by atoms with Gasteiger partial charge in [0.2, 0.25) is 5.91 Å². The molecule has 0 fully saturated rings. The molecule has 0 radical (unpaired) electrons. The maximum atomic E-state index is 13.4. The monoisotopic (exact) mass is 375 g/mol. The number of hydrogen-bond donors (Lipinski definition) is 1. The first kappa shape index (κ1) is 18.1. The summed E-state index contributed by atoms with van der Waals surface area (Å²) in [5, 5.41) is 12.0. The predicted molar refractivity (Wildman–Crippen MR) is 97.8 cm³/mol. The Kier molecular flexibility index (Phi) is 5.08. The van der Waals surface area contributed by atoms with Crippen molar-refractivity contribution >= 4 is 23.2 Å². The number of aromatic nitrogens is 4. The van der Waals surface area contributed by atoms with E-state index < -0.39 is 0 Å². The lowest BCUT2D eigenvalue weighted by atomic mass is 10.2. The Bertz CT molecular complexity index is 943. The summed E-state index contributed by atoms with van der Waals surface area (Å²) >= 11 is 5.96. The Balaban J connectivity index is 1.74. The summed E-state index contributed by atoms with van der Waals surface area (Å²) in [6, 6.07) is 6.37. The molecule has 0 atom stereocenters. The number of carbonyl (C=O) groups is 1. The maximum Gasteiger partial charge on any atom is 0.246 e. The van der Waals surface area contributed by atoms with Gasteiger partial charge in [0, 0.05) is 6.20 Å². The topological polar surface area (TPSA) is 64.7 Å². The van der Waals surface area contributed by atoms with Gasteiger partial charge in [0.25, 0.3) is 0 Å². The minimum absolute atomic E-state index is 0.0571. The molecule has 0 bridgehead atoms. The van der Waals surface area contributed by atoms with E-state index in [1.54, 1.807) is 23.9 Å². The van der Waals surface area contributed by atoms with E-state index >= 15 is 0 Å². The van der Waals surface area contributed by atoms with E-state index in [1.807, 2.05) is 19.9 Å². The van der Waals surface area contributed by atoms with Gasteiger partial charge in [-0.2, -0.15) is 10.2 Å². The molecule has 2 aromatic heterocycles. The Hall–Kier alpha value is -2.67.